The first-order chi connectivity index (χ1) is 15.2. The quantitative estimate of drug-likeness (QED) is 0.485. The zero-order valence-corrected chi connectivity index (χ0v) is 18.7. The van der Waals surface area contributed by atoms with Crippen molar-refractivity contribution in [2.75, 3.05) is 5.32 Å². The highest BCUT2D eigenvalue weighted by molar-refractivity contribution is 7.15. The third-order valence-corrected chi connectivity index (χ3v) is 7.36. The van der Waals surface area contributed by atoms with Crippen molar-refractivity contribution in [3.8, 4) is 10.6 Å². The Labute approximate surface area is 189 Å². The average molecular weight is 457 g/mol. The lowest BCUT2D eigenvalue weighted by Gasteiger charge is -2.35. The van der Waals surface area contributed by atoms with Crippen LogP contribution in [0.1, 0.15) is 43.2 Å². The zero-order chi connectivity index (χ0) is 22.9. The fourth-order valence-electron chi connectivity index (χ4n) is 4.08. The number of nitrogens with one attached hydrogen (secondary N) is 1. The summed E-state index contributed by atoms with van der Waals surface area (Å²) in [6.07, 6.45) is 5.31. The number of aryl methyl sites for hydroxylation is 1. The summed E-state index contributed by atoms with van der Waals surface area (Å²) in [6, 6.07) is 7.12. The minimum absolute atomic E-state index is 0.0362. The average Bonchev–Trinajstić information content (AvgIpc) is 3.28. The Bertz CT molecular complexity index is 1130. The van der Waals surface area contributed by atoms with E-state index in [0.29, 0.717) is 53.6 Å². The molecule has 3 N–H and O–H groups in total. The Morgan fingerprint density at radius 3 is 2.62 bits per heavy atom. The number of anilines is 2. The van der Waals surface area contributed by atoms with Gasteiger partial charge >= 0.3 is 5.97 Å². The fourth-order valence-corrected chi connectivity index (χ4v) is 5.09. The van der Waals surface area contributed by atoms with Crippen molar-refractivity contribution in [2.24, 2.45) is 11.8 Å². The fraction of sp³-hybridized carbons (Fsp3) is 0.391. The highest BCUT2D eigenvalue weighted by Crippen LogP contribution is 2.43. The van der Waals surface area contributed by atoms with E-state index in [1.807, 2.05) is 12.1 Å². The van der Waals surface area contributed by atoms with Gasteiger partial charge in [-0.25, -0.2) is 19.3 Å². The van der Waals surface area contributed by atoms with Crippen LogP contribution in [-0.4, -0.2) is 31.1 Å². The highest BCUT2D eigenvalue weighted by atomic mass is 32.1. The number of aromatic nitrogens is 3. The topological polar surface area (TPSA) is 108 Å². The molecule has 0 unspecified atom stereocenters. The lowest BCUT2D eigenvalue weighted by atomic mass is 9.74. The van der Waals surface area contributed by atoms with Crippen LogP contribution >= 0.6 is 11.3 Å². The lowest BCUT2D eigenvalue weighted by molar-refractivity contribution is -0.144. The van der Waals surface area contributed by atoms with Gasteiger partial charge in [0.15, 0.2) is 0 Å². The van der Waals surface area contributed by atoms with E-state index in [9.17, 15) is 19.4 Å². The molecule has 1 fully saturated rings. The second-order valence-electron chi connectivity index (χ2n) is 8.42. The largest absolute Gasteiger partial charge is 0.481 e. The van der Waals surface area contributed by atoms with E-state index in [0.717, 1.165) is 4.88 Å². The summed E-state index contributed by atoms with van der Waals surface area (Å²) in [4.78, 5) is 25.1. The number of nitrogens with zero attached hydrogens (tertiary/aromatic N) is 3. The molecule has 9 heteroatoms. The molecule has 0 saturated heterocycles. The monoisotopic (exact) mass is 456 g/mol. The lowest BCUT2D eigenvalue weighted by Crippen LogP contribution is -2.35. The molecule has 1 aliphatic carbocycles. The molecule has 4 rings (SSSR count). The van der Waals surface area contributed by atoms with Gasteiger partial charge in [0.1, 0.15) is 28.1 Å². The van der Waals surface area contributed by atoms with Crippen LogP contribution in [0.4, 0.5) is 16.0 Å². The van der Waals surface area contributed by atoms with Crippen molar-refractivity contribution in [1.29, 1.82) is 0 Å². The van der Waals surface area contributed by atoms with E-state index in [4.69, 9.17) is 0 Å². The number of rotatable bonds is 6. The molecular formula is C23H25FN4O3S. The van der Waals surface area contributed by atoms with E-state index in [1.165, 1.54) is 17.5 Å². The predicted molar refractivity (Wildman–Crippen MR) is 120 cm³/mol. The summed E-state index contributed by atoms with van der Waals surface area (Å²) >= 11 is 1.38. The van der Waals surface area contributed by atoms with E-state index < -0.39 is 11.6 Å². The van der Waals surface area contributed by atoms with Crippen molar-refractivity contribution in [2.45, 2.75) is 45.1 Å². The highest BCUT2D eigenvalue weighted by Gasteiger charge is 2.40. The molecule has 1 aliphatic rings. The summed E-state index contributed by atoms with van der Waals surface area (Å²) in [5, 5.41) is 24.1. The number of carbonyl (C=O) groups is 1. The summed E-state index contributed by atoms with van der Waals surface area (Å²) in [7, 11) is 0. The molecular weight excluding hydrogens is 431 g/mol. The Balaban J connectivity index is 1.50. The molecule has 0 spiro atoms. The van der Waals surface area contributed by atoms with Gasteiger partial charge in [-0.1, -0.05) is 6.07 Å². The first-order valence-corrected chi connectivity index (χ1v) is 11.3. The molecule has 3 heterocycles. The molecule has 1 atom stereocenters. The van der Waals surface area contributed by atoms with Gasteiger partial charge in [0.05, 0.1) is 22.7 Å². The molecule has 0 amide bonds. The Kier molecular flexibility index (Phi) is 6.21. The van der Waals surface area contributed by atoms with Crippen LogP contribution in [-0.2, 0) is 10.4 Å². The minimum Gasteiger partial charge on any atom is -0.481 e. The third kappa shape index (κ3) is 4.63. The van der Waals surface area contributed by atoms with Gasteiger partial charge in [-0.05, 0) is 69.2 Å². The number of aliphatic hydroxyl groups is 1. The molecule has 0 aromatic carbocycles. The number of thiazole rings is 1. The Hall–Kier alpha value is -2.91. The van der Waals surface area contributed by atoms with Crippen molar-refractivity contribution in [3.05, 3.63) is 53.0 Å². The Morgan fingerprint density at radius 1 is 1.19 bits per heavy atom. The van der Waals surface area contributed by atoms with Gasteiger partial charge in [-0.15, -0.1) is 11.3 Å². The van der Waals surface area contributed by atoms with E-state index in [2.05, 4.69) is 20.3 Å². The number of halogens is 1. The van der Waals surface area contributed by atoms with Gasteiger partial charge in [0, 0.05) is 6.20 Å². The van der Waals surface area contributed by atoms with E-state index in [1.54, 1.807) is 32.2 Å². The van der Waals surface area contributed by atoms with Gasteiger partial charge in [0.25, 0.3) is 0 Å². The van der Waals surface area contributed by atoms with Crippen LogP contribution < -0.4 is 5.32 Å². The maximum atomic E-state index is 13.5. The maximum Gasteiger partial charge on any atom is 0.306 e. The SMILES string of the molecule is Cc1cc(Nc2cccc(-c3cnc([C@@](C)(O)[C@H]4CC[C@H](C(=O)O)CC4)s3)n2)ncc1F. The molecule has 7 nitrogen and oxygen atoms in total. The van der Waals surface area contributed by atoms with Gasteiger partial charge in [-0.3, -0.25) is 4.79 Å². The molecule has 0 bridgehead atoms. The Morgan fingerprint density at radius 2 is 1.94 bits per heavy atom. The number of carboxylic acids is 1. The zero-order valence-electron chi connectivity index (χ0n) is 17.9. The molecule has 3 aromatic heterocycles. The standard InChI is InChI=1S/C23H25FN4O3S/c1-13-10-20(25-11-16(13)24)28-19-5-3-4-17(27-19)18-12-26-22(32-18)23(2,31)15-8-6-14(7-9-15)21(29)30/h3-5,10-12,14-15,31H,6-9H2,1-2H3,(H,29,30)(H,25,27,28)/t14-,15-,23-/m0/s1. The van der Waals surface area contributed by atoms with Crippen molar-refractivity contribution < 1.29 is 19.4 Å². The van der Waals surface area contributed by atoms with Crippen LogP contribution in [0.5, 0.6) is 0 Å². The maximum absolute atomic E-state index is 13.5. The number of hydrogen-bond acceptors (Lipinski definition) is 7. The van der Waals surface area contributed by atoms with Crippen LogP contribution in [0.2, 0.25) is 0 Å². The first-order valence-electron chi connectivity index (χ1n) is 10.5. The molecule has 3 aromatic rings. The van der Waals surface area contributed by atoms with Crippen LogP contribution in [0, 0.1) is 24.6 Å². The normalized spacial score (nSPS) is 20.5. The van der Waals surface area contributed by atoms with E-state index in [-0.39, 0.29) is 17.7 Å². The van der Waals surface area contributed by atoms with E-state index >= 15 is 0 Å². The number of aliphatic carboxylic acids is 1. The second kappa shape index (κ2) is 8.91. The molecule has 32 heavy (non-hydrogen) atoms. The first kappa shape index (κ1) is 22.3. The van der Waals surface area contributed by atoms with Crippen LogP contribution in [0.3, 0.4) is 0 Å². The molecule has 0 radical (unpaired) electrons. The summed E-state index contributed by atoms with van der Waals surface area (Å²) in [6.45, 7) is 3.43. The van der Waals surface area contributed by atoms with Crippen molar-refractivity contribution in [3.63, 3.8) is 0 Å². The van der Waals surface area contributed by atoms with Crippen molar-refractivity contribution in [1.82, 2.24) is 15.0 Å². The van der Waals surface area contributed by atoms with Crippen LogP contribution in [0.25, 0.3) is 10.6 Å². The molecule has 0 aliphatic heterocycles. The second-order valence-corrected chi connectivity index (χ2v) is 9.45. The van der Waals surface area contributed by atoms with Crippen molar-refractivity contribution >= 4 is 28.9 Å². The number of hydrogen-bond donors (Lipinski definition) is 3. The summed E-state index contributed by atoms with van der Waals surface area (Å²) in [5.74, 6) is -0.421. The predicted octanol–water partition coefficient (Wildman–Crippen LogP) is 4.89. The minimum atomic E-state index is -1.13. The van der Waals surface area contributed by atoms with Gasteiger partial charge in [-0.2, -0.15) is 0 Å². The number of pyridine rings is 2. The van der Waals surface area contributed by atoms with Crippen LogP contribution in [0.15, 0.2) is 36.7 Å². The molecule has 1 saturated carbocycles. The smallest absolute Gasteiger partial charge is 0.306 e. The molecule has 168 valence electrons. The van der Waals surface area contributed by atoms with Gasteiger partial charge < -0.3 is 15.5 Å². The van der Waals surface area contributed by atoms with Gasteiger partial charge in [0.2, 0.25) is 0 Å². The number of carboxylic acid groups (broad SMARTS) is 1. The summed E-state index contributed by atoms with van der Waals surface area (Å²) in [5.41, 5.74) is 0.0611. The third-order valence-electron chi connectivity index (χ3n) is 6.11. The summed E-state index contributed by atoms with van der Waals surface area (Å²) < 4.78 is 13.5.